The zero-order valence-corrected chi connectivity index (χ0v) is 11.2. The molecule has 2 heterocycles. The standard InChI is InChI=1S/C14H13ClN3O/c1-11-13-7-16-14(15)8-18(13,10-17-11)19-9-12-5-3-2-4-6-12/h2-8,10H,9H2,1H3/q+1. The maximum Gasteiger partial charge on any atom is 0.233 e. The number of benzene rings is 1. The molecule has 0 fully saturated rings. The zero-order valence-electron chi connectivity index (χ0n) is 10.5. The van der Waals surface area contributed by atoms with Crippen molar-refractivity contribution >= 4 is 24.2 Å². The highest BCUT2D eigenvalue weighted by Gasteiger charge is 2.40. The van der Waals surface area contributed by atoms with Crippen molar-refractivity contribution in [2.24, 2.45) is 9.98 Å². The number of hydrogen-bond donors (Lipinski definition) is 0. The largest absolute Gasteiger partial charge is 0.233 e. The summed E-state index contributed by atoms with van der Waals surface area (Å²) in [7, 11) is 0. The number of nitrogens with zero attached hydrogens (tertiary/aromatic N) is 3. The molecular weight excluding hydrogens is 262 g/mol. The molecule has 2 aliphatic heterocycles. The maximum absolute atomic E-state index is 6.00. The average Bonchev–Trinajstić information content (AvgIpc) is 2.75. The molecule has 4 nitrogen and oxygen atoms in total. The second-order valence-corrected chi connectivity index (χ2v) is 4.78. The van der Waals surface area contributed by atoms with Gasteiger partial charge in [0.05, 0.1) is 6.21 Å². The Kier molecular flexibility index (Phi) is 3.06. The van der Waals surface area contributed by atoms with Crippen molar-refractivity contribution in [1.82, 2.24) is 0 Å². The van der Waals surface area contributed by atoms with Crippen molar-refractivity contribution in [1.29, 1.82) is 0 Å². The Morgan fingerprint density at radius 2 is 2.00 bits per heavy atom. The number of fused-ring (bicyclic) bond motifs is 1. The van der Waals surface area contributed by atoms with E-state index in [0.717, 1.165) is 17.0 Å². The first-order valence-electron chi connectivity index (χ1n) is 5.96. The molecule has 0 amide bonds. The fraction of sp³-hybridized carbons (Fsp3) is 0.143. The Morgan fingerprint density at radius 3 is 2.79 bits per heavy atom. The number of quaternary nitrogens is 1. The quantitative estimate of drug-likeness (QED) is 0.615. The summed E-state index contributed by atoms with van der Waals surface area (Å²) in [4.78, 5) is 14.4. The third kappa shape index (κ3) is 2.26. The van der Waals surface area contributed by atoms with Gasteiger partial charge in [-0.15, -0.1) is 0 Å². The summed E-state index contributed by atoms with van der Waals surface area (Å²) in [6.07, 6.45) is 5.16. The van der Waals surface area contributed by atoms with Gasteiger partial charge in [0.1, 0.15) is 12.3 Å². The van der Waals surface area contributed by atoms with Gasteiger partial charge in [0.25, 0.3) is 0 Å². The van der Waals surface area contributed by atoms with Crippen LogP contribution in [0.15, 0.2) is 63.1 Å². The Labute approximate surface area is 116 Å². The molecular formula is C14H13ClN3O+. The van der Waals surface area contributed by atoms with Crippen LogP contribution in [-0.4, -0.2) is 17.2 Å². The van der Waals surface area contributed by atoms with Crippen molar-refractivity contribution in [3.8, 4) is 0 Å². The van der Waals surface area contributed by atoms with E-state index in [1.165, 1.54) is 0 Å². The van der Waals surface area contributed by atoms with Crippen LogP contribution >= 0.6 is 11.6 Å². The normalized spacial score (nSPS) is 24.6. The Morgan fingerprint density at radius 1 is 1.21 bits per heavy atom. The number of hydroxylamine groups is 3. The molecule has 5 heteroatoms. The second kappa shape index (κ2) is 4.74. The van der Waals surface area contributed by atoms with Gasteiger partial charge in [0.2, 0.25) is 12.0 Å². The van der Waals surface area contributed by atoms with Gasteiger partial charge in [-0.25, -0.2) is 4.99 Å². The minimum absolute atomic E-state index is 0.0725. The molecule has 0 aromatic heterocycles. The van der Waals surface area contributed by atoms with Crippen molar-refractivity contribution in [2.75, 3.05) is 0 Å². The van der Waals surface area contributed by atoms with Crippen LogP contribution in [0.25, 0.3) is 0 Å². The minimum Gasteiger partial charge on any atom is -0.233 e. The van der Waals surface area contributed by atoms with E-state index in [-0.39, 0.29) is 4.65 Å². The van der Waals surface area contributed by atoms with E-state index < -0.39 is 0 Å². The molecule has 0 spiro atoms. The third-order valence-corrected chi connectivity index (χ3v) is 3.26. The molecule has 3 rings (SSSR count). The minimum atomic E-state index is 0.0725. The lowest BCUT2D eigenvalue weighted by atomic mass is 10.2. The molecule has 0 bridgehead atoms. The molecule has 1 unspecified atom stereocenters. The topological polar surface area (TPSA) is 34.0 Å². The van der Waals surface area contributed by atoms with Crippen LogP contribution in [0.2, 0.25) is 0 Å². The van der Waals surface area contributed by atoms with E-state index in [9.17, 15) is 0 Å². The molecule has 0 aliphatic carbocycles. The van der Waals surface area contributed by atoms with E-state index in [1.54, 1.807) is 18.8 Å². The van der Waals surface area contributed by atoms with Crippen LogP contribution in [0.4, 0.5) is 0 Å². The van der Waals surface area contributed by atoms with Gasteiger partial charge in [-0.2, -0.15) is 9.83 Å². The highest BCUT2D eigenvalue weighted by atomic mass is 35.5. The summed E-state index contributed by atoms with van der Waals surface area (Å²) in [5.74, 6) is 0. The summed E-state index contributed by atoms with van der Waals surface area (Å²) in [6, 6.07) is 9.99. The molecule has 0 radical (unpaired) electrons. The second-order valence-electron chi connectivity index (χ2n) is 4.39. The molecule has 1 atom stereocenters. The predicted octanol–water partition coefficient (Wildman–Crippen LogP) is 3.33. The Balaban J connectivity index is 1.86. The van der Waals surface area contributed by atoms with Gasteiger partial charge in [-0.1, -0.05) is 46.6 Å². The number of hydrogen-bond acceptors (Lipinski definition) is 3. The van der Waals surface area contributed by atoms with Gasteiger partial charge in [0, 0.05) is 0 Å². The third-order valence-electron chi connectivity index (χ3n) is 3.07. The van der Waals surface area contributed by atoms with E-state index in [1.807, 2.05) is 37.3 Å². The highest BCUT2D eigenvalue weighted by molar-refractivity contribution is 6.30. The van der Waals surface area contributed by atoms with Crippen LogP contribution < -0.4 is 0 Å². The molecule has 96 valence electrons. The summed E-state index contributed by atoms with van der Waals surface area (Å²) >= 11 is 5.99. The number of halogens is 1. The lowest BCUT2D eigenvalue weighted by Gasteiger charge is -2.25. The van der Waals surface area contributed by atoms with E-state index in [0.29, 0.717) is 11.8 Å². The van der Waals surface area contributed by atoms with Crippen molar-refractivity contribution in [2.45, 2.75) is 13.5 Å². The number of aliphatic imine (C=N–C) groups is 2. The van der Waals surface area contributed by atoms with E-state index in [4.69, 9.17) is 16.4 Å². The van der Waals surface area contributed by atoms with Crippen LogP contribution in [-0.2, 0) is 11.4 Å². The van der Waals surface area contributed by atoms with Gasteiger partial charge in [-0.3, -0.25) is 0 Å². The molecule has 1 aromatic carbocycles. The van der Waals surface area contributed by atoms with E-state index in [2.05, 4.69) is 9.98 Å². The monoisotopic (exact) mass is 274 g/mol. The summed E-state index contributed by atoms with van der Waals surface area (Å²) < 4.78 is 0.0725. The number of allylic oxidation sites excluding steroid dienone is 2. The number of rotatable bonds is 3. The van der Waals surface area contributed by atoms with Gasteiger partial charge in [-0.05, 0) is 12.5 Å². The molecule has 2 aliphatic rings. The fourth-order valence-electron chi connectivity index (χ4n) is 2.05. The lowest BCUT2D eigenvalue weighted by Crippen LogP contribution is -2.40. The zero-order chi connectivity index (χ0) is 13.3. The predicted molar refractivity (Wildman–Crippen MR) is 75.1 cm³/mol. The summed E-state index contributed by atoms with van der Waals surface area (Å²) in [5.41, 5.74) is 2.87. The molecule has 19 heavy (non-hydrogen) atoms. The van der Waals surface area contributed by atoms with E-state index >= 15 is 0 Å². The first kappa shape index (κ1) is 12.3. The van der Waals surface area contributed by atoms with Crippen molar-refractivity contribution < 1.29 is 9.48 Å². The first-order valence-corrected chi connectivity index (χ1v) is 6.33. The maximum atomic E-state index is 6.00. The van der Waals surface area contributed by atoms with Gasteiger partial charge >= 0.3 is 0 Å². The fourth-order valence-corrected chi connectivity index (χ4v) is 2.24. The molecule has 0 N–H and O–H groups in total. The Bertz CT molecular complexity index is 619. The van der Waals surface area contributed by atoms with Crippen molar-refractivity contribution in [3.63, 3.8) is 0 Å². The smallest absolute Gasteiger partial charge is 0.233 e. The van der Waals surface area contributed by atoms with Crippen LogP contribution in [0.3, 0.4) is 0 Å². The SMILES string of the molecule is CC1=C2C=NC(Cl)=C[N+]2(OCc2ccccc2)C=N1. The van der Waals surface area contributed by atoms with Crippen LogP contribution in [0.5, 0.6) is 0 Å². The Hall–Kier alpha value is -1.75. The van der Waals surface area contributed by atoms with Gasteiger partial charge < -0.3 is 0 Å². The molecule has 1 aromatic rings. The lowest BCUT2D eigenvalue weighted by molar-refractivity contribution is -0.957. The van der Waals surface area contributed by atoms with Crippen molar-refractivity contribution in [3.05, 3.63) is 58.6 Å². The van der Waals surface area contributed by atoms with Gasteiger partial charge in [0.15, 0.2) is 11.4 Å². The average molecular weight is 275 g/mol. The first-order chi connectivity index (χ1) is 9.20. The van der Waals surface area contributed by atoms with Crippen LogP contribution in [0, 0.1) is 0 Å². The summed E-state index contributed by atoms with van der Waals surface area (Å²) in [5, 5.41) is 0.401. The molecule has 0 saturated carbocycles. The molecule has 0 saturated heterocycles. The summed E-state index contributed by atoms with van der Waals surface area (Å²) in [6.45, 7) is 2.40. The van der Waals surface area contributed by atoms with Crippen LogP contribution in [0.1, 0.15) is 12.5 Å². The highest BCUT2D eigenvalue weighted by Crippen LogP contribution is 2.32.